The predicted molar refractivity (Wildman–Crippen MR) is 127 cm³/mol. The first-order valence-corrected chi connectivity index (χ1v) is 12.1. The molecule has 2 aromatic carbocycles. The molecule has 0 radical (unpaired) electrons. The molecule has 2 rings (SSSR count). The second kappa shape index (κ2) is 15.9. The fraction of sp³-hybridized carbons (Fsp3) is 0.364. The Labute approximate surface area is 205 Å². The summed E-state index contributed by atoms with van der Waals surface area (Å²) < 4.78 is 34.1. The second-order valence-electron chi connectivity index (χ2n) is 7.68. The van der Waals surface area contributed by atoms with Crippen LogP contribution in [0.25, 0.3) is 0 Å². The Balaban J connectivity index is 0.000000517. The van der Waals surface area contributed by atoms with Gasteiger partial charge in [0.15, 0.2) is 11.6 Å². The quantitative estimate of drug-likeness (QED) is 0.301. The standard InChI is InChI=1S/2C11H14ClNO.H2O4S/c2*1-13(2)8-7-11(14)9-3-5-10(12)6-4-9;1-5(2,3)4/h2*3-6H,7-8H2,1-2H3;(H2,1,2,3,4). The first kappa shape index (κ1) is 31.1. The highest BCUT2D eigenvalue weighted by Gasteiger charge is 2.08. The lowest BCUT2D eigenvalue weighted by molar-refractivity contribution is -0.857. The first-order valence-electron chi connectivity index (χ1n) is 10.0. The molecule has 0 saturated heterocycles. The average Bonchev–Trinajstić information content (AvgIpc) is 2.70. The Morgan fingerprint density at radius 2 is 0.939 bits per heavy atom. The Bertz CT molecular complexity index is 890. The van der Waals surface area contributed by atoms with Gasteiger partial charge in [0.2, 0.25) is 0 Å². The zero-order chi connectivity index (χ0) is 25.6. The number of rotatable bonds is 8. The Hall–Kier alpha value is -1.85. The minimum atomic E-state index is -5.17. The highest BCUT2D eigenvalue weighted by molar-refractivity contribution is 7.79. The van der Waals surface area contributed by atoms with Crippen LogP contribution in [-0.2, 0) is 10.4 Å². The molecule has 0 spiro atoms. The van der Waals surface area contributed by atoms with Gasteiger partial charge in [-0.25, -0.2) is 0 Å². The summed E-state index contributed by atoms with van der Waals surface area (Å²) in [5.41, 5.74) is 1.49. The van der Waals surface area contributed by atoms with Crippen molar-refractivity contribution in [2.24, 2.45) is 0 Å². The van der Waals surface area contributed by atoms with Gasteiger partial charge in [0.25, 0.3) is 0 Å². The van der Waals surface area contributed by atoms with E-state index in [4.69, 9.17) is 40.7 Å². The van der Waals surface area contributed by atoms with E-state index in [1.165, 1.54) is 9.80 Å². The summed E-state index contributed by atoms with van der Waals surface area (Å²) in [6, 6.07) is 14.1. The SMILES string of the molecule is C[NH+](C)CCC(=O)c1ccc(Cl)cc1.C[NH+](C)CCC(=O)c1ccc(Cl)cc1.O=S(=O)([O-])[O-]. The fourth-order valence-electron chi connectivity index (χ4n) is 2.29. The van der Waals surface area contributed by atoms with E-state index in [9.17, 15) is 9.59 Å². The van der Waals surface area contributed by atoms with Crippen LogP contribution in [0.15, 0.2) is 48.5 Å². The number of ketones is 2. The maximum Gasteiger partial charge on any atom is 0.168 e. The number of halogens is 2. The van der Waals surface area contributed by atoms with Gasteiger partial charge in [-0.15, -0.1) is 0 Å². The number of quaternary nitrogens is 2. The van der Waals surface area contributed by atoms with Crippen LogP contribution in [0.2, 0.25) is 10.0 Å². The number of carbonyl (C=O) groups excluding carboxylic acids is 2. The molecule has 2 aromatic rings. The fourth-order valence-corrected chi connectivity index (χ4v) is 2.54. The van der Waals surface area contributed by atoms with E-state index in [1.54, 1.807) is 48.5 Å². The number of benzene rings is 2. The lowest BCUT2D eigenvalue weighted by Crippen LogP contribution is -3.05. The summed E-state index contributed by atoms with van der Waals surface area (Å²) in [6.07, 6.45) is 1.17. The summed E-state index contributed by atoms with van der Waals surface area (Å²) in [6.45, 7) is 1.73. The van der Waals surface area contributed by atoms with Crippen molar-refractivity contribution in [2.75, 3.05) is 41.3 Å². The van der Waals surface area contributed by atoms with E-state index in [0.717, 1.165) is 24.2 Å². The number of nitrogens with one attached hydrogen (secondary N) is 2. The normalized spacial score (nSPS) is 10.7. The summed E-state index contributed by atoms with van der Waals surface area (Å²) >= 11 is 11.5. The van der Waals surface area contributed by atoms with Gasteiger partial charge in [-0.05, 0) is 48.5 Å². The van der Waals surface area contributed by atoms with Crippen molar-refractivity contribution in [1.82, 2.24) is 0 Å². The Kier molecular flexibility index (Phi) is 15.0. The van der Waals surface area contributed by atoms with Gasteiger partial charge in [0, 0.05) is 31.6 Å². The molecule has 0 unspecified atom stereocenters. The molecule has 184 valence electrons. The Morgan fingerprint density at radius 1 is 0.697 bits per heavy atom. The van der Waals surface area contributed by atoms with Crippen molar-refractivity contribution in [3.05, 3.63) is 69.7 Å². The molecule has 0 saturated carbocycles. The van der Waals surface area contributed by atoms with Crippen molar-refractivity contribution in [3.63, 3.8) is 0 Å². The highest BCUT2D eigenvalue weighted by atomic mass is 35.5. The van der Waals surface area contributed by atoms with E-state index < -0.39 is 10.4 Å². The largest absolute Gasteiger partial charge is 0.759 e. The minimum Gasteiger partial charge on any atom is -0.759 e. The average molecular weight is 521 g/mol. The van der Waals surface area contributed by atoms with Gasteiger partial charge in [-0.2, -0.15) is 0 Å². The van der Waals surface area contributed by atoms with Crippen LogP contribution in [0, 0.1) is 0 Å². The first-order chi connectivity index (χ1) is 15.2. The Morgan fingerprint density at radius 3 is 1.15 bits per heavy atom. The van der Waals surface area contributed by atoms with Gasteiger partial charge < -0.3 is 18.9 Å². The van der Waals surface area contributed by atoms with Crippen LogP contribution >= 0.6 is 23.2 Å². The van der Waals surface area contributed by atoms with Crippen molar-refractivity contribution in [1.29, 1.82) is 0 Å². The van der Waals surface area contributed by atoms with E-state index in [-0.39, 0.29) is 11.6 Å². The molecule has 0 fully saturated rings. The molecule has 0 bridgehead atoms. The molecule has 33 heavy (non-hydrogen) atoms. The lowest BCUT2D eigenvalue weighted by Gasteiger charge is -2.06. The van der Waals surface area contributed by atoms with E-state index in [0.29, 0.717) is 22.9 Å². The van der Waals surface area contributed by atoms with Crippen LogP contribution in [0.1, 0.15) is 33.6 Å². The number of hydrogen-bond acceptors (Lipinski definition) is 6. The van der Waals surface area contributed by atoms with Crippen LogP contribution in [0.4, 0.5) is 0 Å². The summed E-state index contributed by atoms with van der Waals surface area (Å²) in [7, 11) is 2.98. The van der Waals surface area contributed by atoms with E-state index in [1.807, 2.05) is 28.2 Å². The van der Waals surface area contributed by atoms with Crippen LogP contribution in [-0.4, -0.2) is 70.4 Å². The number of Topliss-reactive ketones (excluding diaryl/α,β-unsaturated/α-hetero) is 2. The minimum absolute atomic E-state index is 0.183. The molecular weight excluding hydrogens is 491 g/mol. The van der Waals surface area contributed by atoms with Gasteiger partial charge in [0.05, 0.1) is 54.1 Å². The molecular formula is C22H30Cl2N2O6S. The summed E-state index contributed by atoms with van der Waals surface area (Å²) in [5, 5.41) is 1.33. The molecule has 0 amide bonds. The number of hydrogen-bond donors (Lipinski definition) is 2. The molecule has 11 heteroatoms. The zero-order valence-corrected chi connectivity index (χ0v) is 21.4. The second-order valence-corrected chi connectivity index (χ2v) is 9.37. The zero-order valence-electron chi connectivity index (χ0n) is 19.1. The summed E-state index contributed by atoms with van der Waals surface area (Å²) in [5.74, 6) is 0.366. The molecule has 0 heterocycles. The maximum absolute atomic E-state index is 11.6. The van der Waals surface area contributed by atoms with Crippen molar-refractivity contribution in [2.45, 2.75) is 12.8 Å². The smallest absolute Gasteiger partial charge is 0.168 e. The van der Waals surface area contributed by atoms with E-state index in [2.05, 4.69) is 0 Å². The van der Waals surface area contributed by atoms with Gasteiger partial charge in [0.1, 0.15) is 0 Å². The van der Waals surface area contributed by atoms with Crippen molar-refractivity contribution in [3.8, 4) is 0 Å². The number of carbonyl (C=O) groups is 2. The van der Waals surface area contributed by atoms with Gasteiger partial charge >= 0.3 is 0 Å². The maximum atomic E-state index is 11.6. The van der Waals surface area contributed by atoms with Crippen LogP contribution < -0.4 is 9.80 Å². The molecule has 2 N–H and O–H groups in total. The molecule has 0 atom stereocenters. The molecule has 8 nitrogen and oxygen atoms in total. The van der Waals surface area contributed by atoms with Crippen LogP contribution in [0.5, 0.6) is 0 Å². The van der Waals surface area contributed by atoms with Crippen molar-refractivity contribution >= 4 is 45.2 Å². The van der Waals surface area contributed by atoms with Crippen LogP contribution in [0.3, 0.4) is 0 Å². The molecule has 0 aliphatic heterocycles. The third kappa shape index (κ3) is 18.3. The monoisotopic (exact) mass is 520 g/mol. The highest BCUT2D eigenvalue weighted by Crippen LogP contribution is 2.11. The lowest BCUT2D eigenvalue weighted by atomic mass is 10.1. The van der Waals surface area contributed by atoms with Gasteiger partial charge in [-0.3, -0.25) is 18.0 Å². The third-order valence-corrected chi connectivity index (χ3v) is 4.54. The van der Waals surface area contributed by atoms with E-state index >= 15 is 0 Å². The molecule has 0 aliphatic carbocycles. The molecule has 0 aromatic heterocycles. The van der Waals surface area contributed by atoms with Crippen molar-refractivity contribution < 1.29 is 36.9 Å². The van der Waals surface area contributed by atoms with Gasteiger partial charge in [-0.1, -0.05) is 23.2 Å². The molecule has 0 aliphatic rings. The predicted octanol–water partition coefficient (Wildman–Crippen LogP) is 0.777. The topological polar surface area (TPSA) is 123 Å². The summed E-state index contributed by atoms with van der Waals surface area (Å²) in [4.78, 5) is 25.8. The third-order valence-electron chi connectivity index (χ3n) is 4.04.